The van der Waals surface area contributed by atoms with E-state index in [0.29, 0.717) is 0 Å². The highest BCUT2D eigenvalue weighted by atomic mass is 15.2. The van der Waals surface area contributed by atoms with Crippen LogP contribution in [0, 0.1) is 0 Å². The molecular weight excluding hydrogens is 196 g/mol. The standard InChI is InChI=1S/C14H26N2/c1-2-16(13-5-3-4-6-13)14-9-11-7-8-12(10-14)15-11/h11-15H,2-10H2,1H3. The van der Waals surface area contributed by atoms with E-state index in [0.717, 1.165) is 24.2 Å². The summed E-state index contributed by atoms with van der Waals surface area (Å²) in [6, 6.07) is 3.51. The SMILES string of the molecule is CCN(C1CCCC1)C1CC2CCC(C1)N2. The molecule has 3 fully saturated rings. The van der Waals surface area contributed by atoms with Crippen LogP contribution in [0.15, 0.2) is 0 Å². The Bertz CT molecular complexity index is 223. The second-order valence-corrected chi connectivity index (χ2v) is 6.03. The van der Waals surface area contributed by atoms with E-state index in [9.17, 15) is 0 Å². The van der Waals surface area contributed by atoms with Crippen molar-refractivity contribution in [1.82, 2.24) is 10.2 Å². The average Bonchev–Trinajstić information content (AvgIpc) is 2.90. The number of nitrogens with one attached hydrogen (secondary N) is 1. The molecule has 0 spiro atoms. The fourth-order valence-electron chi connectivity index (χ4n) is 4.35. The Morgan fingerprint density at radius 3 is 2.12 bits per heavy atom. The van der Waals surface area contributed by atoms with Crippen molar-refractivity contribution in [3.8, 4) is 0 Å². The molecule has 2 bridgehead atoms. The van der Waals surface area contributed by atoms with Crippen LogP contribution in [0.2, 0.25) is 0 Å². The summed E-state index contributed by atoms with van der Waals surface area (Å²) >= 11 is 0. The van der Waals surface area contributed by atoms with Crippen LogP contribution in [-0.2, 0) is 0 Å². The molecule has 2 heteroatoms. The Hall–Kier alpha value is -0.0800. The molecule has 16 heavy (non-hydrogen) atoms. The van der Waals surface area contributed by atoms with Crippen LogP contribution in [0.3, 0.4) is 0 Å². The third-order valence-corrected chi connectivity index (χ3v) is 5.08. The van der Waals surface area contributed by atoms with Gasteiger partial charge in [-0.15, -0.1) is 0 Å². The van der Waals surface area contributed by atoms with Gasteiger partial charge in [0.15, 0.2) is 0 Å². The van der Waals surface area contributed by atoms with E-state index in [1.807, 2.05) is 0 Å². The largest absolute Gasteiger partial charge is 0.311 e. The first-order valence-electron chi connectivity index (χ1n) is 7.38. The normalized spacial score (nSPS) is 39.8. The van der Waals surface area contributed by atoms with Gasteiger partial charge in [0.25, 0.3) is 0 Å². The lowest BCUT2D eigenvalue weighted by Gasteiger charge is -2.40. The number of fused-ring (bicyclic) bond motifs is 2. The molecule has 2 nitrogen and oxygen atoms in total. The summed E-state index contributed by atoms with van der Waals surface area (Å²) in [5.74, 6) is 0. The van der Waals surface area contributed by atoms with Crippen molar-refractivity contribution < 1.29 is 0 Å². The van der Waals surface area contributed by atoms with E-state index in [1.54, 1.807) is 0 Å². The molecule has 0 amide bonds. The van der Waals surface area contributed by atoms with E-state index in [4.69, 9.17) is 0 Å². The number of hydrogen-bond acceptors (Lipinski definition) is 2. The predicted molar refractivity (Wildman–Crippen MR) is 67.6 cm³/mol. The van der Waals surface area contributed by atoms with Crippen LogP contribution < -0.4 is 5.32 Å². The highest BCUT2D eigenvalue weighted by molar-refractivity contribution is 4.97. The van der Waals surface area contributed by atoms with Crippen LogP contribution in [0.5, 0.6) is 0 Å². The van der Waals surface area contributed by atoms with Crippen molar-refractivity contribution in [1.29, 1.82) is 0 Å². The first kappa shape index (κ1) is 11.0. The molecule has 2 aliphatic heterocycles. The van der Waals surface area contributed by atoms with Gasteiger partial charge in [-0.05, 0) is 45.1 Å². The molecule has 92 valence electrons. The summed E-state index contributed by atoms with van der Waals surface area (Å²) in [4.78, 5) is 2.85. The van der Waals surface area contributed by atoms with Gasteiger partial charge in [0.2, 0.25) is 0 Å². The summed E-state index contributed by atoms with van der Waals surface area (Å²) in [7, 11) is 0. The zero-order valence-electron chi connectivity index (χ0n) is 10.6. The zero-order valence-corrected chi connectivity index (χ0v) is 10.6. The van der Waals surface area contributed by atoms with Crippen molar-refractivity contribution in [3.05, 3.63) is 0 Å². The van der Waals surface area contributed by atoms with Gasteiger partial charge in [-0.1, -0.05) is 19.8 Å². The van der Waals surface area contributed by atoms with E-state index in [2.05, 4.69) is 17.1 Å². The predicted octanol–water partition coefficient (Wildman–Crippen LogP) is 2.53. The Balaban J connectivity index is 1.65. The molecule has 2 unspecified atom stereocenters. The van der Waals surface area contributed by atoms with Gasteiger partial charge in [0.1, 0.15) is 0 Å². The Labute approximate surface area is 99.8 Å². The van der Waals surface area contributed by atoms with Crippen LogP contribution in [0.4, 0.5) is 0 Å². The van der Waals surface area contributed by atoms with Crippen LogP contribution in [-0.4, -0.2) is 35.6 Å². The molecule has 1 saturated carbocycles. The van der Waals surface area contributed by atoms with Gasteiger partial charge in [0, 0.05) is 24.2 Å². The average molecular weight is 222 g/mol. The lowest BCUT2D eigenvalue weighted by Crippen LogP contribution is -2.51. The van der Waals surface area contributed by atoms with Crippen molar-refractivity contribution in [2.45, 2.75) is 82.5 Å². The smallest absolute Gasteiger partial charge is 0.0128 e. The summed E-state index contributed by atoms with van der Waals surface area (Å²) in [5.41, 5.74) is 0. The second-order valence-electron chi connectivity index (χ2n) is 6.03. The minimum Gasteiger partial charge on any atom is -0.311 e. The van der Waals surface area contributed by atoms with Crippen molar-refractivity contribution in [2.24, 2.45) is 0 Å². The van der Waals surface area contributed by atoms with Gasteiger partial charge < -0.3 is 5.32 Å². The summed E-state index contributed by atoms with van der Waals surface area (Å²) in [5, 5.41) is 3.76. The second kappa shape index (κ2) is 4.66. The monoisotopic (exact) mass is 222 g/mol. The molecule has 2 saturated heterocycles. The third-order valence-electron chi connectivity index (χ3n) is 5.08. The highest BCUT2D eigenvalue weighted by Crippen LogP contribution is 2.33. The fourth-order valence-corrected chi connectivity index (χ4v) is 4.35. The Morgan fingerprint density at radius 1 is 0.938 bits per heavy atom. The third kappa shape index (κ3) is 2.02. The highest BCUT2D eigenvalue weighted by Gasteiger charge is 2.37. The van der Waals surface area contributed by atoms with Gasteiger partial charge in [-0.25, -0.2) is 0 Å². The molecule has 0 aromatic heterocycles. The topological polar surface area (TPSA) is 15.3 Å². The van der Waals surface area contributed by atoms with Crippen LogP contribution >= 0.6 is 0 Å². The fraction of sp³-hybridized carbons (Fsp3) is 1.00. The Morgan fingerprint density at radius 2 is 1.56 bits per heavy atom. The van der Waals surface area contributed by atoms with Crippen molar-refractivity contribution in [2.75, 3.05) is 6.54 Å². The van der Waals surface area contributed by atoms with Gasteiger partial charge in [0.05, 0.1) is 0 Å². The van der Waals surface area contributed by atoms with Crippen LogP contribution in [0.25, 0.3) is 0 Å². The maximum atomic E-state index is 3.76. The Kier molecular flexibility index (Phi) is 3.21. The molecular formula is C14H26N2. The summed E-state index contributed by atoms with van der Waals surface area (Å²) < 4.78 is 0. The molecule has 1 aliphatic carbocycles. The molecule has 3 rings (SSSR count). The van der Waals surface area contributed by atoms with Gasteiger partial charge in [-0.2, -0.15) is 0 Å². The lowest BCUT2D eigenvalue weighted by molar-refractivity contribution is 0.102. The van der Waals surface area contributed by atoms with E-state index < -0.39 is 0 Å². The molecule has 0 aromatic carbocycles. The number of hydrogen-bond donors (Lipinski definition) is 1. The minimum atomic E-state index is 0.846. The van der Waals surface area contributed by atoms with E-state index in [-0.39, 0.29) is 0 Å². The minimum absolute atomic E-state index is 0.846. The quantitative estimate of drug-likeness (QED) is 0.789. The zero-order chi connectivity index (χ0) is 11.0. The van der Waals surface area contributed by atoms with Crippen LogP contribution in [0.1, 0.15) is 58.3 Å². The summed E-state index contributed by atoms with van der Waals surface area (Å²) in [6.07, 6.45) is 11.6. The van der Waals surface area contributed by atoms with E-state index in [1.165, 1.54) is 57.9 Å². The molecule has 2 atom stereocenters. The molecule has 3 aliphatic rings. The van der Waals surface area contributed by atoms with Crippen molar-refractivity contribution >= 4 is 0 Å². The maximum Gasteiger partial charge on any atom is 0.0128 e. The maximum absolute atomic E-state index is 3.76. The van der Waals surface area contributed by atoms with Gasteiger partial charge in [-0.3, -0.25) is 4.90 Å². The first-order chi connectivity index (χ1) is 7.86. The number of nitrogens with zero attached hydrogens (tertiary/aromatic N) is 1. The molecule has 2 heterocycles. The van der Waals surface area contributed by atoms with E-state index >= 15 is 0 Å². The molecule has 1 N–H and O–H groups in total. The summed E-state index contributed by atoms with van der Waals surface area (Å²) in [6.45, 7) is 3.64. The van der Waals surface area contributed by atoms with Gasteiger partial charge >= 0.3 is 0 Å². The first-order valence-corrected chi connectivity index (χ1v) is 7.38. The lowest BCUT2D eigenvalue weighted by atomic mass is 9.96. The molecule has 0 aromatic rings. The number of rotatable bonds is 3. The van der Waals surface area contributed by atoms with Crippen molar-refractivity contribution in [3.63, 3.8) is 0 Å². The molecule has 0 radical (unpaired) electrons. The number of piperidine rings is 1.